The first kappa shape index (κ1) is 21.6. The van der Waals surface area contributed by atoms with Gasteiger partial charge in [0, 0.05) is 5.69 Å². The van der Waals surface area contributed by atoms with E-state index in [0.717, 1.165) is 6.42 Å². The van der Waals surface area contributed by atoms with Gasteiger partial charge in [0.05, 0.1) is 23.3 Å². The molecule has 0 fully saturated rings. The van der Waals surface area contributed by atoms with Crippen LogP contribution in [0.25, 0.3) is 6.08 Å². The van der Waals surface area contributed by atoms with Gasteiger partial charge in [-0.1, -0.05) is 30.1 Å². The summed E-state index contributed by atoms with van der Waals surface area (Å²) in [6.07, 6.45) is 2.24. The number of nitriles is 1. The van der Waals surface area contributed by atoms with E-state index < -0.39 is 5.91 Å². The third-order valence-electron chi connectivity index (χ3n) is 3.57. The molecule has 28 heavy (non-hydrogen) atoms. The van der Waals surface area contributed by atoms with Crippen molar-refractivity contribution in [2.45, 2.75) is 20.3 Å². The number of ether oxygens (including phenoxy) is 2. The Hall–Kier alpha value is -2.68. The second-order valence-corrected chi connectivity index (χ2v) is 6.56. The smallest absolute Gasteiger partial charge is 0.266 e. The molecule has 0 spiro atoms. The van der Waals surface area contributed by atoms with Crippen LogP contribution in [0.15, 0.2) is 42.0 Å². The van der Waals surface area contributed by atoms with Crippen LogP contribution in [0, 0.1) is 11.3 Å². The number of nitrogens with zero attached hydrogens (tertiary/aromatic N) is 1. The maximum Gasteiger partial charge on any atom is 0.266 e. The monoisotopic (exact) mass is 418 g/mol. The van der Waals surface area contributed by atoms with Crippen LogP contribution in [0.5, 0.6) is 11.5 Å². The highest BCUT2D eigenvalue weighted by Gasteiger charge is 2.13. The lowest BCUT2D eigenvalue weighted by Gasteiger charge is -2.10. The van der Waals surface area contributed by atoms with Crippen molar-refractivity contribution in [3.8, 4) is 17.6 Å². The van der Waals surface area contributed by atoms with E-state index in [2.05, 4.69) is 5.32 Å². The van der Waals surface area contributed by atoms with E-state index in [1.165, 1.54) is 6.08 Å². The van der Waals surface area contributed by atoms with E-state index in [1.807, 2.05) is 19.9 Å². The summed E-state index contributed by atoms with van der Waals surface area (Å²) in [6.45, 7) is 4.91. The first-order valence-corrected chi connectivity index (χ1v) is 9.51. The fourth-order valence-corrected chi connectivity index (χ4v) is 2.93. The van der Waals surface area contributed by atoms with Crippen molar-refractivity contribution in [3.05, 3.63) is 57.6 Å². The molecule has 0 aromatic heterocycles. The Morgan fingerprint density at radius 3 is 2.32 bits per heavy atom. The van der Waals surface area contributed by atoms with Crippen LogP contribution in [-0.2, 0) is 4.79 Å². The van der Waals surface area contributed by atoms with Crippen molar-refractivity contribution < 1.29 is 14.3 Å². The van der Waals surface area contributed by atoms with Crippen LogP contribution in [-0.4, -0.2) is 19.1 Å². The molecule has 2 aromatic carbocycles. The Bertz CT molecular complexity index is 880. The minimum atomic E-state index is -0.537. The van der Waals surface area contributed by atoms with E-state index in [4.69, 9.17) is 32.7 Å². The van der Waals surface area contributed by atoms with Crippen LogP contribution in [0.3, 0.4) is 0 Å². The van der Waals surface area contributed by atoms with Gasteiger partial charge in [0.1, 0.15) is 17.4 Å². The number of halogens is 2. The largest absolute Gasteiger partial charge is 0.494 e. The lowest BCUT2D eigenvalue weighted by Crippen LogP contribution is -2.13. The van der Waals surface area contributed by atoms with Crippen molar-refractivity contribution in [1.82, 2.24) is 0 Å². The summed E-state index contributed by atoms with van der Waals surface area (Å²) in [5.74, 6) is 0.552. The highest BCUT2D eigenvalue weighted by molar-refractivity contribution is 6.37. The van der Waals surface area contributed by atoms with Gasteiger partial charge in [0.25, 0.3) is 5.91 Å². The summed E-state index contributed by atoms with van der Waals surface area (Å²) < 4.78 is 10.9. The molecule has 0 unspecified atom stereocenters. The molecule has 0 aliphatic heterocycles. The average molecular weight is 419 g/mol. The van der Waals surface area contributed by atoms with Crippen LogP contribution in [0.4, 0.5) is 5.69 Å². The normalized spacial score (nSPS) is 10.9. The Morgan fingerprint density at radius 1 is 1.14 bits per heavy atom. The van der Waals surface area contributed by atoms with Crippen LogP contribution < -0.4 is 14.8 Å². The molecule has 5 nitrogen and oxygen atoms in total. The topological polar surface area (TPSA) is 71.3 Å². The van der Waals surface area contributed by atoms with Gasteiger partial charge >= 0.3 is 0 Å². The molecule has 0 bridgehead atoms. The first-order valence-electron chi connectivity index (χ1n) is 8.76. The predicted molar refractivity (Wildman–Crippen MR) is 112 cm³/mol. The molecule has 1 amide bonds. The first-order chi connectivity index (χ1) is 13.5. The molecular weight excluding hydrogens is 399 g/mol. The SMILES string of the molecule is CCCOc1c(Cl)cc(/C=C(\C#N)C(=O)Nc2ccc(OCC)cc2)cc1Cl. The minimum absolute atomic E-state index is 0.0803. The fourth-order valence-electron chi connectivity index (χ4n) is 2.32. The summed E-state index contributed by atoms with van der Waals surface area (Å²) in [5, 5.41) is 12.7. The highest BCUT2D eigenvalue weighted by Crippen LogP contribution is 2.35. The molecule has 2 aromatic rings. The second kappa shape index (κ2) is 10.6. The number of nitrogens with one attached hydrogen (secondary N) is 1. The number of benzene rings is 2. The van der Waals surface area contributed by atoms with Gasteiger partial charge in [-0.3, -0.25) is 4.79 Å². The molecule has 0 atom stereocenters. The number of carbonyl (C=O) groups excluding carboxylic acids is 1. The Morgan fingerprint density at radius 2 is 1.79 bits per heavy atom. The zero-order valence-electron chi connectivity index (χ0n) is 15.6. The zero-order valence-corrected chi connectivity index (χ0v) is 17.1. The molecular formula is C21H20Cl2N2O3. The number of hydrogen-bond donors (Lipinski definition) is 1. The van der Waals surface area contributed by atoms with Crippen molar-refractivity contribution in [2.75, 3.05) is 18.5 Å². The highest BCUT2D eigenvalue weighted by atomic mass is 35.5. The number of amides is 1. The van der Waals surface area contributed by atoms with Crippen LogP contribution in [0.1, 0.15) is 25.8 Å². The van der Waals surface area contributed by atoms with Gasteiger partial charge in [-0.2, -0.15) is 5.26 Å². The van der Waals surface area contributed by atoms with Gasteiger partial charge < -0.3 is 14.8 Å². The summed E-state index contributed by atoms with van der Waals surface area (Å²) in [5.41, 5.74) is 0.995. The Labute approximate surface area is 174 Å². The standard InChI is InChI=1S/C21H20Cl2N2O3/c1-3-9-28-20-18(22)11-14(12-19(20)23)10-15(13-24)21(26)25-16-5-7-17(8-6-16)27-4-2/h5-8,10-12H,3-4,9H2,1-2H3,(H,25,26)/b15-10+. The van der Waals surface area contributed by atoms with Crippen molar-refractivity contribution in [3.63, 3.8) is 0 Å². The van der Waals surface area contributed by atoms with Crippen LogP contribution in [0.2, 0.25) is 10.0 Å². The van der Waals surface area contributed by atoms with E-state index in [9.17, 15) is 10.1 Å². The average Bonchev–Trinajstić information content (AvgIpc) is 2.67. The van der Waals surface area contributed by atoms with Crippen LogP contribution >= 0.6 is 23.2 Å². The van der Waals surface area contributed by atoms with Gasteiger partial charge in [0.2, 0.25) is 0 Å². The maximum absolute atomic E-state index is 12.4. The van der Waals surface area contributed by atoms with Crippen molar-refractivity contribution in [2.24, 2.45) is 0 Å². The predicted octanol–water partition coefficient (Wildman–Crippen LogP) is 5.73. The molecule has 0 radical (unpaired) electrons. The second-order valence-electron chi connectivity index (χ2n) is 5.74. The minimum Gasteiger partial charge on any atom is -0.494 e. The number of carbonyl (C=O) groups is 1. The Balaban J connectivity index is 2.18. The summed E-state index contributed by atoms with van der Waals surface area (Å²) in [4.78, 5) is 12.4. The molecule has 1 N–H and O–H groups in total. The van der Waals surface area contributed by atoms with E-state index >= 15 is 0 Å². The number of hydrogen-bond acceptors (Lipinski definition) is 4. The summed E-state index contributed by atoms with van der Waals surface area (Å²) in [7, 11) is 0. The molecule has 0 aliphatic carbocycles. The molecule has 0 saturated carbocycles. The number of rotatable bonds is 8. The summed E-state index contributed by atoms with van der Waals surface area (Å²) in [6, 6.07) is 12.0. The molecule has 0 saturated heterocycles. The van der Waals surface area contributed by atoms with Gasteiger partial charge in [-0.15, -0.1) is 0 Å². The molecule has 146 valence electrons. The van der Waals surface area contributed by atoms with Crippen molar-refractivity contribution in [1.29, 1.82) is 5.26 Å². The van der Waals surface area contributed by atoms with Gasteiger partial charge in [-0.05, 0) is 61.4 Å². The lowest BCUT2D eigenvalue weighted by molar-refractivity contribution is -0.112. The van der Waals surface area contributed by atoms with E-state index in [-0.39, 0.29) is 5.57 Å². The zero-order chi connectivity index (χ0) is 20.5. The van der Waals surface area contributed by atoms with Gasteiger partial charge in [-0.25, -0.2) is 0 Å². The lowest BCUT2D eigenvalue weighted by atomic mass is 10.1. The van der Waals surface area contributed by atoms with E-state index in [1.54, 1.807) is 36.4 Å². The maximum atomic E-state index is 12.4. The van der Waals surface area contributed by atoms with Crippen molar-refractivity contribution >= 4 is 40.9 Å². The molecule has 2 rings (SSSR count). The van der Waals surface area contributed by atoms with E-state index in [0.29, 0.717) is 46.0 Å². The number of anilines is 1. The molecule has 0 aliphatic rings. The molecule has 0 heterocycles. The third kappa shape index (κ3) is 5.91. The Kier molecular flexibility index (Phi) is 8.19. The third-order valence-corrected chi connectivity index (χ3v) is 4.13. The summed E-state index contributed by atoms with van der Waals surface area (Å²) >= 11 is 12.4. The fraction of sp³-hybridized carbons (Fsp3) is 0.238. The quantitative estimate of drug-likeness (QED) is 0.438. The van der Waals surface area contributed by atoms with Gasteiger partial charge in [0.15, 0.2) is 5.75 Å². The molecule has 7 heteroatoms.